The van der Waals surface area contributed by atoms with Gasteiger partial charge in [-0.05, 0) is 42.2 Å². The van der Waals surface area contributed by atoms with Gasteiger partial charge in [0.15, 0.2) is 0 Å². The number of fused-ring (bicyclic) bond motifs is 1. The summed E-state index contributed by atoms with van der Waals surface area (Å²) < 4.78 is 26.9. The van der Waals surface area contributed by atoms with Crippen molar-refractivity contribution in [3.05, 3.63) is 69.2 Å². The van der Waals surface area contributed by atoms with E-state index in [0.717, 1.165) is 19.1 Å². The van der Waals surface area contributed by atoms with Crippen LogP contribution in [0.15, 0.2) is 42.5 Å². The lowest BCUT2D eigenvalue weighted by Gasteiger charge is -2.49. The first kappa shape index (κ1) is 24.0. The molecule has 2 aliphatic rings. The minimum Gasteiger partial charge on any atom is -0.369 e. The molecule has 0 spiro atoms. The highest BCUT2D eigenvalue weighted by atomic mass is 35.5. The van der Waals surface area contributed by atoms with Gasteiger partial charge in [-0.1, -0.05) is 60.3 Å². The molecule has 33 heavy (non-hydrogen) atoms. The molecule has 2 aromatic carbocycles. The fraction of sp³-hybridized carbons (Fsp3) is 0.391. The van der Waals surface area contributed by atoms with Crippen LogP contribution in [0.5, 0.6) is 0 Å². The maximum Gasteiger partial charge on any atom is 0.255 e. The van der Waals surface area contributed by atoms with Gasteiger partial charge in [0.2, 0.25) is 15.9 Å². The van der Waals surface area contributed by atoms with E-state index in [9.17, 15) is 18.0 Å². The quantitative estimate of drug-likeness (QED) is 0.640. The number of benzene rings is 2. The molecular formula is C23H25Cl2N3O4S. The molecule has 1 unspecified atom stereocenters. The third-order valence-corrected chi connectivity index (χ3v) is 7.71. The van der Waals surface area contributed by atoms with Crippen molar-refractivity contribution < 1.29 is 18.0 Å². The van der Waals surface area contributed by atoms with Gasteiger partial charge in [-0.15, -0.1) is 0 Å². The molecule has 1 heterocycles. The number of amides is 2. The van der Waals surface area contributed by atoms with Crippen LogP contribution < -0.4 is 10.5 Å². The predicted octanol–water partition coefficient (Wildman–Crippen LogP) is 3.62. The lowest BCUT2D eigenvalue weighted by Crippen LogP contribution is -2.59. The topological polar surface area (TPSA) is 110 Å². The van der Waals surface area contributed by atoms with E-state index in [0.29, 0.717) is 39.6 Å². The van der Waals surface area contributed by atoms with Crippen molar-refractivity contribution in [3.8, 4) is 0 Å². The van der Waals surface area contributed by atoms with Gasteiger partial charge in [-0.25, -0.2) is 13.1 Å². The number of carbonyl (C=O) groups excluding carboxylic acids is 2. The summed E-state index contributed by atoms with van der Waals surface area (Å²) >= 11 is 12.7. The molecule has 4 rings (SSSR count). The number of carbonyl (C=O) groups is 2. The summed E-state index contributed by atoms with van der Waals surface area (Å²) in [6.45, 7) is 0. The number of hydrogen-bond donors (Lipinski definition) is 2. The summed E-state index contributed by atoms with van der Waals surface area (Å²) in [5.41, 5.74) is 7.36. The highest BCUT2D eigenvalue weighted by Crippen LogP contribution is 2.47. The second-order valence-corrected chi connectivity index (χ2v) is 11.3. The lowest BCUT2D eigenvalue weighted by molar-refractivity contribution is -0.121. The van der Waals surface area contributed by atoms with Crippen LogP contribution in [-0.2, 0) is 14.8 Å². The van der Waals surface area contributed by atoms with Crippen molar-refractivity contribution in [1.29, 1.82) is 0 Å². The highest BCUT2D eigenvalue weighted by molar-refractivity contribution is 7.88. The van der Waals surface area contributed by atoms with Crippen LogP contribution in [0.4, 0.5) is 0 Å². The number of hydrogen-bond acceptors (Lipinski definition) is 4. The fourth-order valence-corrected chi connectivity index (χ4v) is 6.50. The Hall–Kier alpha value is -2.13. The summed E-state index contributed by atoms with van der Waals surface area (Å²) in [7, 11) is -3.52. The van der Waals surface area contributed by atoms with E-state index >= 15 is 0 Å². The molecule has 0 aromatic heterocycles. The molecule has 0 bridgehead atoms. The summed E-state index contributed by atoms with van der Waals surface area (Å²) in [6, 6.07) is 10.0. The molecule has 176 valence electrons. The number of halogens is 2. The Morgan fingerprint density at radius 1 is 1.09 bits per heavy atom. The van der Waals surface area contributed by atoms with Crippen molar-refractivity contribution in [1.82, 2.24) is 9.62 Å². The van der Waals surface area contributed by atoms with E-state index in [1.165, 1.54) is 0 Å². The number of nitrogens with one attached hydrogen (secondary N) is 1. The molecule has 2 amide bonds. The number of nitrogens with zero attached hydrogens (tertiary/aromatic N) is 1. The SMILES string of the molecule is CS(=O)(=O)NC1CCCC[C@@H]1N1C(=O)c2ccccc2[C@@H](C(N)=O)[C@@H]1c1ccc(Cl)cc1Cl. The van der Waals surface area contributed by atoms with Crippen molar-refractivity contribution in [3.63, 3.8) is 0 Å². The zero-order chi connectivity index (χ0) is 23.9. The molecule has 0 radical (unpaired) electrons. The molecule has 3 N–H and O–H groups in total. The lowest BCUT2D eigenvalue weighted by atomic mass is 9.76. The molecule has 1 fully saturated rings. The van der Waals surface area contributed by atoms with Crippen LogP contribution in [0.3, 0.4) is 0 Å². The number of rotatable bonds is 5. The maximum atomic E-state index is 13.9. The Labute approximate surface area is 203 Å². The molecule has 1 saturated carbocycles. The van der Waals surface area contributed by atoms with E-state index in [1.54, 1.807) is 47.4 Å². The van der Waals surface area contributed by atoms with Crippen molar-refractivity contribution >= 4 is 45.0 Å². The highest BCUT2D eigenvalue weighted by Gasteiger charge is 2.48. The summed E-state index contributed by atoms with van der Waals surface area (Å²) in [4.78, 5) is 28.3. The Kier molecular flexibility index (Phi) is 6.73. The van der Waals surface area contributed by atoms with Gasteiger partial charge in [-0.2, -0.15) is 0 Å². The van der Waals surface area contributed by atoms with Crippen LogP contribution in [0, 0.1) is 0 Å². The summed E-state index contributed by atoms with van der Waals surface area (Å²) in [5, 5.41) is 0.724. The number of primary amides is 1. The largest absolute Gasteiger partial charge is 0.369 e. The van der Waals surface area contributed by atoms with Crippen molar-refractivity contribution in [2.24, 2.45) is 5.73 Å². The fourth-order valence-electron chi connectivity index (χ4n) is 5.15. The smallest absolute Gasteiger partial charge is 0.255 e. The number of sulfonamides is 1. The average molecular weight is 510 g/mol. The van der Waals surface area contributed by atoms with Crippen LogP contribution in [-0.4, -0.2) is 43.5 Å². The van der Waals surface area contributed by atoms with Gasteiger partial charge < -0.3 is 10.6 Å². The molecule has 7 nitrogen and oxygen atoms in total. The van der Waals surface area contributed by atoms with Gasteiger partial charge in [-0.3, -0.25) is 9.59 Å². The van der Waals surface area contributed by atoms with Gasteiger partial charge in [0.05, 0.1) is 18.2 Å². The van der Waals surface area contributed by atoms with Crippen LogP contribution in [0.25, 0.3) is 0 Å². The zero-order valence-corrected chi connectivity index (χ0v) is 20.3. The Bertz CT molecular complexity index is 1200. The molecule has 0 saturated heterocycles. The second kappa shape index (κ2) is 9.25. The molecule has 10 heteroatoms. The predicted molar refractivity (Wildman–Crippen MR) is 128 cm³/mol. The Balaban J connectivity index is 1.93. The third-order valence-electron chi connectivity index (χ3n) is 6.42. The molecule has 1 aliphatic heterocycles. The minimum atomic E-state index is -3.52. The van der Waals surface area contributed by atoms with Gasteiger partial charge in [0.1, 0.15) is 0 Å². The summed E-state index contributed by atoms with van der Waals surface area (Å²) in [6.07, 6.45) is 3.90. The minimum absolute atomic E-state index is 0.286. The molecule has 1 aliphatic carbocycles. The van der Waals surface area contributed by atoms with Crippen molar-refractivity contribution in [2.75, 3.05) is 6.26 Å². The van der Waals surface area contributed by atoms with E-state index in [-0.39, 0.29) is 5.91 Å². The normalized spacial score (nSPS) is 25.5. The summed E-state index contributed by atoms with van der Waals surface area (Å²) in [5.74, 6) is -1.75. The second-order valence-electron chi connectivity index (χ2n) is 8.64. The monoisotopic (exact) mass is 509 g/mol. The standard InChI is InChI=1S/C23H25Cl2N3O4S/c1-33(31,32)27-18-8-4-5-9-19(18)28-21(16-11-10-13(24)12-17(16)25)20(22(26)29)14-6-2-3-7-15(14)23(28)30/h2-3,6-7,10-12,18-21,27H,4-5,8-9H2,1H3,(H2,26,29)/t18?,19-,20+,21-/m0/s1. The van der Waals surface area contributed by atoms with Crippen molar-refractivity contribution in [2.45, 2.75) is 49.7 Å². The van der Waals surface area contributed by atoms with Crippen LogP contribution in [0.2, 0.25) is 10.0 Å². The van der Waals surface area contributed by atoms with Crippen LogP contribution in [0.1, 0.15) is 59.1 Å². The molecule has 2 aromatic rings. The van der Waals surface area contributed by atoms with E-state index < -0.39 is 40.0 Å². The first-order valence-electron chi connectivity index (χ1n) is 10.7. The van der Waals surface area contributed by atoms with E-state index in [1.807, 2.05) is 0 Å². The Morgan fingerprint density at radius 3 is 2.45 bits per heavy atom. The van der Waals surface area contributed by atoms with Crippen LogP contribution >= 0.6 is 23.2 Å². The van der Waals surface area contributed by atoms with Gasteiger partial charge in [0, 0.05) is 27.7 Å². The van der Waals surface area contributed by atoms with Gasteiger partial charge in [0.25, 0.3) is 5.91 Å². The maximum absolute atomic E-state index is 13.9. The average Bonchev–Trinajstić information content (AvgIpc) is 2.73. The first-order chi connectivity index (χ1) is 15.6. The van der Waals surface area contributed by atoms with Gasteiger partial charge >= 0.3 is 0 Å². The number of nitrogens with two attached hydrogens (primary N) is 1. The van der Waals surface area contributed by atoms with E-state index in [4.69, 9.17) is 28.9 Å². The molecular weight excluding hydrogens is 485 g/mol. The Morgan fingerprint density at radius 2 is 1.79 bits per heavy atom. The third kappa shape index (κ3) is 4.75. The first-order valence-corrected chi connectivity index (χ1v) is 13.4. The zero-order valence-electron chi connectivity index (χ0n) is 18.0. The van der Waals surface area contributed by atoms with E-state index in [2.05, 4.69) is 4.72 Å². The molecule has 4 atom stereocenters.